The first-order chi connectivity index (χ1) is 16.6. The molecule has 4 heteroatoms. The van der Waals surface area contributed by atoms with Crippen LogP contribution in [0.1, 0.15) is 60.7 Å². The Morgan fingerprint density at radius 2 is 1.71 bits per heavy atom. The van der Waals surface area contributed by atoms with E-state index in [2.05, 4.69) is 96.5 Å². The second kappa shape index (κ2) is 9.47. The summed E-state index contributed by atoms with van der Waals surface area (Å²) in [6.45, 7) is 7.34. The molecule has 0 amide bonds. The number of aromatic nitrogens is 1. The van der Waals surface area contributed by atoms with E-state index in [0.29, 0.717) is 25.5 Å². The molecular weight excluding hydrogens is 420 g/mol. The van der Waals surface area contributed by atoms with Crippen molar-refractivity contribution in [3.8, 4) is 0 Å². The Kier molecular flexibility index (Phi) is 6.25. The van der Waals surface area contributed by atoms with Crippen molar-refractivity contribution in [3.05, 3.63) is 107 Å². The van der Waals surface area contributed by atoms with Gasteiger partial charge >= 0.3 is 5.97 Å². The molecule has 4 aromatic rings. The topological polar surface area (TPSA) is 45.3 Å². The summed E-state index contributed by atoms with van der Waals surface area (Å²) in [4.78, 5) is 19.3. The minimum absolute atomic E-state index is 0.0769. The van der Waals surface area contributed by atoms with E-state index in [9.17, 15) is 4.79 Å². The number of aromatic amines is 1. The van der Waals surface area contributed by atoms with Crippen molar-refractivity contribution in [2.24, 2.45) is 0 Å². The lowest BCUT2D eigenvalue weighted by Crippen LogP contribution is -2.48. The number of hydrogen-bond acceptors (Lipinski definition) is 3. The highest BCUT2D eigenvalue weighted by atomic mass is 16.5. The molecule has 1 N–H and O–H groups in total. The summed E-state index contributed by atoms with van der Waals surface area (Å²) in [6.07, 6.45) is 0.631. The van der Waals surface area contributed by atoms with Gasteiger partial charge in [0.2, 0.25) is 0 Å². The summed E-state index contributed by atoms with van der Waals surface area (Å²) < 4.78 is 5.60. The first kappa shape index (κ1) is 22.4. The fraction of sp³-hybridized carbons (Fsp3) is 0.300. The molecule has 5 rings (SSSR count). The molecule has 3 aromatic carbocycles. The maximum absolute atomic E-state index is 13.3. The van der Waals surface area contributed by atoms with Crippen LogP contribution in [0.3, 0.4) is 0 Å². The van der Waals surface area contributed by atoms with Crippen molar-refractivity contribution in [1.82, 2.24) is 9.88 Å². The number of esters is 1. The van der Waals surface area contributed by atoms with Crippen LogP contribution >= 0.6 is 0 Å². The first-order valence-corrected chi connectivity index (χ1v) is 12.2. The van der Waals surface area contributed by atoms with Crippen LogP contribution in [0.4, 0.5) is 0 Å². The van der Waals surface area contributed by atoms with Crippen LogP contribution in [0.5, 0.6) is 0 Å². The zero-order chi connectivity index (χ0) is 23.7. The lowest BCUT2D eigenvalue weighted by molar-refractivity contribution is -0.151. The third kappa shape index (κ3) is 4.14. The molecule has 4 nitrogen and oxygen atoms in total. The number of carbonyl (C=O) groups excluding carboxylic acids is 1. The maximum Gasteiger partial charge on any atom is 0.323 e. The predicted molar refractivity (Wildman–Crippen MR) is 137 cm³/mol. The lowest BCUT2D eigenvalue weighted by atomic mass is 9.87. The maximum atomic E-state index is 13.3. The second-order valence-electron chi connectivity index (χ2n) is 9.42. The lowest BCUT2D eigenvalue weighted by Gasteiger charge is -2.41. The van der Waals surface area contributed by atoms with Gasteiger partial charge in [0, 0.05) is 29.6 Å². The number of H-pyrrole nitrogens is 1. The van der Waals surface area contributed by atoms with Gasteiger partial charge in [-0.2, -0.15) is 0 Å². The van der Waals surface area contributed by atoms with E-state index >= 15 is 0 Å². The minimum atomic E-state index is -0.360. The van der Waals surface area contributed by atoms with Crippen LogP contribution in [0.15, 0.2) is 78.9 Å². The molecule has 1 aromatic heterocycles. The summed E-state index contributed by atoms with van der Waals surface area (Å²) >= 11 is 0. The van der Waals surface area contributed by atoms with Gasteiger partial charge in [-0.1, -0.05) is 86.6 Å². The molecule has 0 aliphatic carbocycles. The number of benzene rings is 3. The molecule has 0 fully saturated rings. The molecular formula is C30H32N2O2. The van der Waals surface area contributed by atoms with Gasteiger partial charge in [0.15, 0.2) is 0 Å². The molecule has 0 unspecified atom stereocenters. The Morgan fingerprint density at radius 1 is 1.00 bits per heavy atom. The highest BCUT2D eigenvalue weighted by Gasteiger charge is 2.41. The first-order valence-electron chi connectivity index (χ1n) is 12.2. The van der Waals surface area contributed by atoms with Crippen molar-refractivity contribution in [1.29, 1.82) is 0 Å². The SMILES string of the molecule is CCOC(=O)[C@@H]1Cc2c([nH]c3ccccc23)[C@H](c2ccc(C(C)C)cc2)N1Cc1ccccc1. The van der Waals surface area contributed by atoms with E-state index in [-0.39, 0.29) is 18.1 Å². The fourth-order valence-corrected chi connectivity index (χ4v) is 5.20. The Labute approximate surface area is 201 Å². The van der Waals surface area contributed by atoms with Crippen LogP contribution in [0.25, 0.3) is 10.9 Å². The molecule has 0 radical (unpaired) electrons. The number of fused-ring (bicyclic) bond motifs is 3. The number of rotatable bonds is 6. The van der Waals surface area contributed by atoms with E-state index < -0.39 is 0 Å². The van der Waals surface area contributed by atoms with Gasteiger partial charge in [-0.15, -0.1) is 0 Å². The van der Waals surface area contributed by atoms with Crippen LogP contribution in [-0.2, 0) is 22.5 Å². The molecule has 174 valence electrons. The average molecular weight is 453 g/mol. The Morgan fingerprint density at radius 3 is 2.41 bits per heavy atom. The second-order valence-corrected chi connectivity index (χ2v) is 9.42. The highest BCUT2D eigenvalue weighted by molar-refractivity contribution is 5.87. The Balaban J connectivity index is 1.68. The van der Waals surface area contributed by atoms with Gasteiger partial charge < -0.3 is 9.72 Å². The predicted octanol–water partition coefficient (Wildman–Crippen LogP) is 6.37. The molecule has 0 saturated heterocycles. The minimum Gasteiger partial charge on any atom is -0.465 e. The molecule has 0 spiro atoms. The quantitative estimate of drug-likeness (QED) is 0.346. The number of para-hydroxylation sites is 1. The standard InChI is InChI=1S/C30H32N2O2/c1-4-34-30(33)27-18-25-24-12-8-9-13-26(24)31-28(25)29(23-16-14-22(15-17-23)20(2)3)32(27)19-21-10-6-5-7-11-21/h5-17,20,27,29,31H,4,18-19H2,1-3H3/t27-,29-/m0/s1. The van der Waals surface area contributed by atoms with E-state index in [4.69, 9.17) is 4.74 Å². The molecule has 1 aliphatic heterocycles. The van der Waals surface area contributed by atoms with Gasteiger partial charge in [-0.25, -0.2) is 0 Å². The van der Waals surface area contributed by atoms with Gasteiger partial charge in [0.1, 0.15) is 6.04 Å². The van der Waals surface area contributed by atoms with Gasteiger partial charge in [0.25, 0.3) is 0 Å². The largest absolute Gasteiger partial charge is 0.465 e. The summed E-state index contributed by atoms with van der Waals surface area (Å²) in [5.41, 5.74) is 7.18. The Hall–Kier alpha value is -3.37. The summed E-state index contributed by atoms with van der Waals surface area (Å²) in [5.74, 6) is 0.315. The van der Waals surface area contributed by atoms with E-state index in [1.807, 2.05) is 13.0 Å². The Bertz CT molecular complexity index is 1270. The highest BCUT2D eigenvalue weighted by Crippen LogP contribution is 2.42. The van der Waals surface area contributed by atoms with Crippen LogP contribution < -0.4 is 0 Å². The number of carbonyl (C=O) groups is 1. The van der Waals surface area contributed by atoms with Gasteiger partial charge in [-0.05, 0) is 41.2 Å². The smallest absolute Gasteiger partial charge is 0.323 e. The van der Waals surface area contributed by atoms with Gasteiger partial charge in [0.05, 0.1) is 12.6 Å². The summed E-state index contributed by atoms with van der Waals surface area (Å²) in [6, 6.07) is 27.2. The summed E-state index contributed by atoms with van der Waals surface area (Å²) in [5, 5.41) is 1.19. The van der Waals surface area contributed by atoms with Crippen molar-refractivity contribution in [2.45, 2.75) is 51.7 Å². The normalized spacial score (nSPS) is 18.2. The van der Waals surface area contributed by atoms with E-state index in [1.54, 1.807) is 0 Å². The molecule has 34 heavy (non-hydrogen) atoms. The number of ether oxygens (including phenoxy) is 1. The fourth-order valence-electron chi connectivity index (χ4n) is 5.20. The molecule has 0 bridgehead atoms. The van der Waals surface area contributed by atoms with Crippen LogP contribution in [0.2, 0.25) is 0 Å². The average Bonchev–Trinajstić information content (AvgIpc) is 3.22. The van der Waals surface area contributed by atoms with Crippen LogP contribution in [0, 0.1) is 0 Å². The zero-order valence-corrected chi connectivity index (χ0v) is 20.1. The van der Waals surface area contributed by atoms with Crippen molar-refractivity contribution in [3.63, 3.8) is 0 Å². The van der Waals surface area contributed by atoms with Crippen molar-refractivity contribution < 1.29 is 9.53 Å². The summed E-state index contributed by atoms with van der Waals surface area (Å²) in [7, 11) is 0. The van der Waals surface area contributed by atoms with E-state index in [1.165, 1.54) is 33.3 Å². The third-order valence-electron chi connectivity index (χ3n) is 6.94. The van der Waals surface area contributed by atoms with Crippen LogP contribution in [-0.4, -0.2) is 28.5 Å². The van der Waals surface area contributed by atoms with E-state index in [0.717, 1.165) is 5.52 Å². The zero-order valence-electron chi connectivity index (χ0n) is 20.1. The van der Waals surface area contributed by atoms with Gasteiger partial charge in [-0.3, -0.25) is 9.69 Å². The number of hydrogen-bond donors (Lipinski definition) is 1. The molecule has 1 aliphatic rings. The van der Waals surface area contributed by atoms with Crippen molar-refractivity contribution >= 4 is 16.9 Å². The molecule has 0 saturated carbocycles. The number of nitrogens with one attached hydrogen (secondary N) is 1. The molecule has 2 heterocycles. The molecule has 2 atom stereocenters. The third-order valence-corrected chi connectivity index (χ3v) is 6.94. The monoisotopic (exact) mass is 452 g/mol. The number of nitrogens with zero attached hydrogens (tertiary/aromatic N) is 1. The van der Waals surface area contributed by atoms with Crippen molar-refractivity contribution in [2.75, 3.05) is 6.61 Å².